The van der Waals surface area contributed by atoms with E-state index in [2.05, 4.69) is 10.0 Å². The Kier molecular flexibility index (Phi) is 6.32. The van der Waals surface area contributed by atoms with Crippen LogP contribution in [0.25, 0.3) is 0 Å². The van der Waals surface area contributed by atoms with Crippen LogP contribution in [0.2, 0.25) is 10.0 Å². The van der Waals surface area contributed by atoms with E-state index in [0.29, 0.717) is 32.7 Å². The van der Waals surface area contributed by atoms with Gasteiger partial charge < -0.3 is 11.1 Å². The van der Waals surface area contributed by atoms with Crippen LogP contribution >= 0.6 is 23.2 Å². The molecule has 0 aromatic heterocycles. The zero-order chi connectivity index (χ0) is 21.0. The summed E-state index contributed by atoms with van der Waals surface area (Å²) in [5.74, 6) is -0.137. The molecule has 0 radical (unpaired) electrons. The maximum atomic E-state index is 12.3. The summed E-state index contributed by atoms with van der Waals surface area (Å²) >= 11 is 11.4. The molecule has 1 aliphatic rings. The van der Waals surface area contributed by atoms with Gasteiger partial charge in [-0.2, -0.15) is 0 Å². The van der Waals surface area contributed by atoms with Crippen molar-refractivity contribution in [2.75, 3.05) is 15.8 Å². The molecule has 0 saturated heterocycles. The molecule has 0 fully saturated rings. The Morgan fingerprint density at radius 3 is 2.24 bits per heavy atom. The number of anilines is 3. The summed E-state index contributed by atoms with van der Waals surface area (Å²) in [4.78, 5) is 11.4. The molecule has 1 aliphatic heterocycles. The number of fused-ring (bicyclic) bond motifs is 1. The van der Waals surface area contributed by atoms with Crippen molar-refractivity contribution in [1.82, 2.24) is 0 Å². The van der Waals surface area contributed by atoms with Gasteiger partial charge in [-0.15, -0.1) is 0 Å². The average Bonchev–Trinajstić information content (AvgIpc) is 3.01. The lowest BCUT2D eigenvalue weighted by molar-refractivity contribution is -0.115. The summed E-state index contributed by atoms with van der Waals surface area (Å²) in [7, 11) is -3.72. The predicted octanol–water partition coefficient (Wildman–Crippen LogP) is 4.56. The smallest absolute Gasteiger partial charge is 0.261 e. The van der Waals surface area contributed by atoms with Gasteiger partial charge in [0, 0.05) is 21.4 Å². The van der Waals surface area contributed by atoms with Crippen molar-refractivity contribution >= 4 is 56.2 Å². The van der Waals surface area contributed by atoms with Crippen LogP contribution in [0.3, 0.4) is 0 Å². The van der Waals surface area contributed by atoms with Gasteiger partial charge in [0.1, 0.15) is 0 Å². The number of sulfonamides is 1. The summed E-state index contributed by atoms with van der Waals surface area (Å²) < 4.78 is 27.1. The minimum Gasteiger partial charge on any atom is -0.399 e. The van der Waals surface area contributed by atoms with Crippen LogP contribution in [0.5, 0.6) is 0 Å². The van der Waals surface area contributed by atoms with Crippen LogP contribution in [0.4, 0.5) is 17.1 Å². The van der Waals surface area contributed by atoms with Gasteiger partial charge in [-0.05, 0) is 60.2 Å². The molecule has 0 atom stereocenters. The molecular weight excluding hydrogens is 433 g/mol. The maximum absolute atomic E-state index is 12.3. The second kappa shape index (κ2) is 8.73. The molecule has 1 amide bonds. The first-order valence-corrected chi connectivity index (χ1v) is 10.7. The number of nitrogens with two attached hydrogens (primary N) is 1. The zero-order valence-corrected chi connectivity index (χ0v) is 17.4. The third-order valence-electron chi connectivity index (χ3n) is 3.94. The van der Waals surface area contributed by atoms with Crippen LogP contribution in [0.1, 0.15) is 5.56 Å². The molecule has 0 bridgehead atoms. The van der Waals surface area contributed by atoms with Gasteiger partial charge in [0.2, 0.25) is 5.91 Å². The molecule has 6 nitrogen and oxygen atoms in total. The molecule has 0 spiro atoms. The van der Waals surface area contributed by atoms with E-state index in [9.17, 15) is 13.2 Å². The minimum atomic E-state index is -3.72. The summed E-state index contributed by atoms with van der Waals surface area (Å²) in [6.45, 7) is 0. The highest BCUT2D eigenvalue weighted by atomic mass is 35.5. The van der Waals surface area contributed by atoms with Crippen LogP contribution in [0.15, 0.2) is 71.6 Å². The number of halogens is 2. The van der Waals surface area contributed by atoms with Gasteiger partial charge >= 0.3 is 0 Å². The summed E-state index contributed by atoms with van der Waals surface area (Å²) in [5, 5.41) is 3.79. The SMILES string of the molecule is Nc1cccc(Cl)c1.O=C1Cc2cc(S(=O)(=O)Nc3cccc(Cl)c3)ccc2N1. The van der Waals surface area contributed by atoms with Crippen LogP contribution < -0.4 is 15.8 Å². The number of nitrogen functional groups attached to an aromatic ring is 1. The van der Waals surface area contributed by atoms with Gasteiger partial charge in [-0.3, -0.25) is 9.52 Å². The molecule has 150 valence electrons. The van der Waals surface area contributed by atoms with E-state index in [1.165, 1.54) is 18.2 Å². The first-order chi connectivity index (χ1) is 13.7. The Bertz CT molecular complexity index is 1150. The number of rotatable bonds is 3. The van der Waals surface area contributed by atoms with E-state index < -0.39 is 10.0 Å². The number of amides is 1. The van der Waals surface area contributed by atoms with E-state index in [1.54, 1.807) is 42.5 Å². The van der Waals surface area contributed by atoms with Crippen molar-refractivity contribution in [2.45, 2.75) is 11.3 Å². The van der Waals surface area contributed by atoms with Crippen molar-refractivity contribution < 1.29 is 13.2 Å². The molecule has 29 heavy (non-hydrogen) atoms. The fourth-order valence-corrected chi connectivity index (χ4v) is 4.13. The van der Waals surface area contributed by atoms with Crippen molar-refractivity contribution in [2.24, 2.45) is 0 Å². The molecule has 4 N–H and O–H groups in total. The number of nitrogens with one attached hydrogen (secondary N) is 2. The summed E-state index contributed by atoms with van der Waals surface area (Å²) in [5.41, 5.74) is 7.80. The first kappa shape index (κ1) is 21.0. The zero-order valence-electron chi connectivity index (χ0n) is 15.0. The van der Waals surface area contributed by atoms with Crippen LogP contribution in [-0.2, 0) is 21.2 Å². The van der Waals surface area contributed by atoms with Crippen LogP contribution in [0, 0.1) is 0 Å². The second-order valence-electron chi connectivity index (χ2n) is 6.21. The number of carbonyl (C=O) groups is 1. The first-order valence-electron chi connectivity index (χ1n) is 8.45. The monoisotopic (exact) mass is 449 g/mol. The van der Waals surface area contributed by atoms with Gasteiger partial charge in [0.15, 0.2) is 0 Å². The second-order valence-corrected chi connectivity index (χ2v) is 8.77. The highest BCUT2D eigenvalue weighted by Gasteiger charge is 2.21. The molecular formula is C20H17Cl2N3O3S. The lowest BCUT2D eigenvalue weighted by atomic mass is 10.2. The Morgan fingerprint density at radius 2 is 1.62 bits per heavy atom. The number of hydrogen-bond donors (Lipinski definition) is 3. The van der Waals surface area contributed by atoms with Gasteiger partial charge in [0.25, 0.3) is 10.0 Å². The molecule has 3 aromatic carbocycles. The quantitative estimate of drug-likeness (QED) is 0.510. The summed E-state index contributed by atoms with van der Waals surface area (Å²) in [6, 6.07) is 18.1. The fourth-order valence-electron chi connectivity index (χ4n) is 2.65. The Morgan fingerprint density at radius 1 is 0.931 bits per heavy atom. The third kappa shape index (κ3) is 5.63. The molecule has 4 rings (SSSR count). The van der Waals surface area contributed by atoms with E-state index in [-0.39, 0.29) is 17.2 Å². The standard InChI is InChI=1S/C14H11ClN2O3S.C6H6ClN/c15-10-2-1-3-11(8-10)17-21(19,20)12-4-5-13-9(6-12)7-14(18)16-13;7-5-2-1-3-6(8)4-5/h1-6,8,17H,7H2,(H,16,18);1-4H,8H2. The molecule has 9 heteroatoms. The molecule has 3 aromatic rings. The predicted molar refractivity (Wildman–Crippen MR) is 117 cm³/mol. The van der Waals surface area contributed by atoms with E-state index in [0.717, 1.165) is 0 Å². The fraction of sp³-hybridized carbons (Fsp3) is 0.0500. The number of carbonyl (C=O) groups excluding carboxylic acids is 1. The van der Waals surface area contributed by atoms with Crippen molar-refractivity contribution in [1.29, 1.82) is 0 Å². The highest BCUT2D eigenvalue weighted by Crippen LogP contribution is 2.27. The van der Waals surface area contributed by atoms with Crippen molar-refractivity contribution in [3.8, 4) is 0 Å². The summed E-state index contributed by atoms with van der Waals surface area (Å²) in [6.07, 6.45) is 0.190. The van der Waals surface area contributed by atoms with Gasteiger partial charge in [-0.25, -0.2) is 8.42 Å². The lowest BCUT2D eigenvalue weighted by Gasteiger charge is -2.09. The van der Waals surface area contributed by atoms with Crippen molar-refractivity contribution in [3.63, 3.8) is 0 Å². The maximum Gasteiger partial charge on any atom is 0.261 e. The normalized spacial score (nSPS) is 12.4. The van der Waals surface area contributed by atoms with Crippen LogP contribution in [-0.4, -0.2) is 14.3 Å². The highest BCUT2D eigenvalue weighted by molar-refractivity contribution is 7.92. The van der Waals surface area contributed by atoms with Gasteiger partial charge in [0.05, 0.1) is 17.0 Å². The number of benzene rings is 3. The minimum absolute atomic E-state index is 0.109. The Balaban J connectivity index is 0.000000252. The van der Waals surface area contributed by atoms with E-state index in [4.69, 9.17) is 28.9 Å². The van der Waals surface area contributed by atoms with Gasteiger partial charge in [-0.1, -0.05) is 35.3 Å². The lowest BCUT2D eigenvalue weighted by Crippen LogP contribution is -2.13. The Hall–Kier alpha value is -2.74. The molecule has 0 unspecified atom stereocenters. The number of hydrogen-bond acceptors (Lipinski definition) is 4. The van der Waals surface area contributed by atoms with E-state index in [1.807, 2.05) is 6.07 Å². The molecule has 0 aliphatic carbocycles. The molecule has 1 heterocycles. The topological polar surface area (TPSA) is 101 Å². The molecule has 0 saturated carbocycles. The average molecular weight is 450 g/mol. The third-order valence-corrected chi connectivity index (χ3v) is 5.79. The van der Waals surface area contributed by atoms with E-state index >= 15 is 0 Å². The largest absolute Gasteiger partial charge is 0.399 e. The van der Waals surface area contributed by atoms with Crippen molar-refractivity contribution in [3.05, 3.63) is 82.3 Å². The Labute approximate surface area is 178 Å².